The Morgan fingerprint density at radius 1 is 0.778 bits per heavy atom. The van der Waals surface area contributed by atoms with Crippen LogP contribution in [-0.4, -0.2) is 21.3 Å². The van der Waals surface area contributed by atoms with Crippen LogP contribution in [0.1, 0.15) is 27.0 Å². The van der Waals surface area contributed by atoms with E-state index >= 15 is 0 Å². The Labute approximate surface area is 260 Å². The van der Waals surface area contributed by atoms with Crippen molar-refractivity contribution in [2.24, 2.45) is 0 Å². The smallest absolute Gasteiger partial charge is 0.323 e. The molecule has 6 aromatic rings. The number of aromatic nitrogens is 2. The van der Waals surface area contributed by atoms with Crippen LogP contribution in [0.25, 0.3) is 16.9 Å². The summed E-state index contributed by atoms with van der Waals surface area (Å²) in [5, 5.41) is 12.3. The molecule has 2 heterocycles. The lowest BCUT2D eigenvalue weighted by Gasteiger charge is -2.16. The number of amides is 3. The zero-order valence-corrected chi connectivity index (χ0v) is 24.8. The van der Waals surface area contributed by atoms with Crippen LogP contribution in [0.3, 0.4) is 0 Å². The molecule has 0 spiro atoms. The summed E-state index contributed by atoms with van der Waals surface area (Å²) in [6.45, 7) is 4.27. The quantitative estimate of drug-likeness (QED) is 0.142. The highest BCUT2D eigenvalue weighted by Gasteiger charge is 2.22. The number of hydrogen-bond acceptors (Lipinski definition) is 4. The Morgan fingerprint density at radius 2 is 1.49 bits per heavy atom. The molecule has 6 rings (SSSR count). The average Bonchev–Trinajstić information content (AvgIpc) is 3.41. The summed E-state index contributed by atoms with van der Waals surface area (Å²) in [5.41, 5.74) is 6.98. The maximum Gasteiger partial charge on any atom is 0.323 e. The summed E-state index contributed by atoms with van der Waals surface area (Å²) in [5.74, 6) is -0.0296. The average molecular weight is 599 g/mol. The molecule has 4 aromatic carbocycles. The van der Waals surface area contributed by atoms with Crippen molar-refractivity contribution in [2.75, 3.05) is 16.0 Å². The number of anilines is 4. The minimum atomic E-state index is -0.400. The lowest BCUT2D eigenvalue weighted by Crippen LogP contribution is -2.23. The van der Waals surface area contributed by atoms with Gasteiger partial charge in [0.2, 0.25) is 0 Å². The SMILES string of the molecule is Cc1cccc(C)c1Nc1c(-c2ccccc2NC(=O)Nc2ccccc2)nc2c(C(=O)NCc3ccc(F)cc3)cccn12. The topological polar surface area (TPSA) is 99.6 Å². The zero-order chi connectivity index (χ0) is 31.3. The van der Waals surface area contributed by atoms with Gasteiger partial charge in [-0.25, -0.2) is 14.2 Å². The Bertz CT molecular complexity index is 1980. The van der Waals surface area contributed by atoms with E-state index in [1.807, 2.05) is 97.2 Å². The molecule has 0 unspecified atom stereocenters. The predicted octanol–water partition coefficient (Wildman–Crippen LogP) is 8.07. The third kappa shape index (κ3) is 6.37. The van der Waals surface area contributed by atoms with Gasteiger partial charge in [-0.3, -0.25) is 9.20 Å². The van der Waals surface area contributed by atoms with Gasteiger partial charge in [0.15, 0.2) is 5.65 Å². The molecule has 3 amide bonds. The predicted molar refractivity (Wildman–Crippen MR) is 176 cm³/mol. The molecule has 0 radical (unpaired) electrons. The van der Waals surface area contributed by atoms with E-state index in [0.29, 0.717) is 39.7 Å². The maximum atomic E-state index is 13.5. The maximum absolute atomic E-state index is 13.5. The van der Waals surface area contributed by atoms with Crippen LogP contribution in [0, 0.1) is 19.7 Å². The highest BCUT2D eigenvalue weighted by atomic mass is 19.1. The third-order valence-electron chi connectivity index (χ3n) is 7.45. The van der Waals surface area contributed by atoms with Gasteiger partial charge in [0.05, 0.1) is 11.3 Å². The van der Waals surface area contributed by atoms with Crippen molar-refractivity contribution >= 4 is 40.5 Å². The van der Waals surface area contributed by atoms with Crippen LogP contribution in [0.15, 0.2) is 115 Å². The van der Waals surface area contributed by atoms with Crippen LogP contribution < -0.4 is 21.3 Å². The van der Waals surface area contributed by atoms with Gasteiger partial charge in [-0.05, 0) is 73.0 Å². The normalized spacial score (nSPS) is 10.8. The van der Waals surface area contributed by atoms with E-state index in [0.717, 1.165) is 22.4 Å². The number of carbonyl (C=O) groups is 2. The second-order valence-electron chi connectivity index (χ2n) is 10.6. The van der Waals surface area contributed by atoms with Crippen LogP contribution in [-0.2, 0) is 6.54 Å². The lowest BCUT2D eigenvalue weighted by atomic mass is 10.1. The van der Waals surface area contributed by atoms with Gasteiger partial charge in [0, 0.05) is 29.7 Å². The number of carbonyl (C=O) groups excluding carboxylic acids is 2. The molecule has 0 saturated heterocycles. The highest BCUT2D eigenvalue weighted by molar-refractivity contribution is 6.04. The first-order valence-electron chi connectivity index (χ1n) is 14.5. The number of hydrogen-bond donors (Lipinski definition) is 4. The number of para-hydroxylation sites is 3. The molecule has 4 N–H and O–H groups in total. The molecule has 0 aliphatic heterocycles. The molecule has 0 saturated carbocycles. The Balaban J connectivity index is 1.41. The molecule has 45 heavy (non-hydrogen) atoms. The number of rotatable bonds is 8. The van der Waals surface area contributed by atoms with Crippen molar-refractivity contribution in [3.05, 3.63) is 143 Å². The molecular formula is C36H31FN6O2. The first kappa shape index (κ1) is 29.1. The molecule has 224 valence electrons. The second-order valence-corrected chi connectivity index (χ2v) is 10.6. The number of nitrogens with zero attached hydrogens (tertiary/aromatic N) is 2. The van der Waals surface area contributed by atoms with Crippen molar-refractivity contribution in [1.29, 1.82) is 0 Å². The number of nitrogens with one attached hydrogen (secondary N) is 4. The first-order valence-corrected chi connectivity index (χ1v) is 14.5. The third-order valence-corrected chi connectivity index (χ3v) is 7.45. The number of fused-ring (bicyclic) bond motifs is 1. The monoisotopic (exact) mass is 598 g/mol. The minimum absolute atomic E-state index is 0.227. The van der Waals surface area contributed by atoms with E-state index in [4.69, 9.17) is 4.98 Å². The number of pyridine rings is 1. The molecule has 2 aromatic heterocycles. The van der Waals surface area contributed by atoms with E-state index in [9.17, 15) is 14.0 Å². The Hall–Kier alpha value is -5.96. The highest BCUT2D eigenvalue weighted by Crippen LogP contribution is 2.37. The van der Waals surface area contributed by atoms with Gasteiger partial charge in [-0.2, -0.15) is 0 Å². The molecule has 0 aliphatic rings. The van der Waals surface area contributed by atoms with Gasteiger partial charge < -0.3 is 21.3 Å². The number of halogens is 1. The second kappa shape index (κ2) is 12.7. The van der Waals surface area contributed by atoms with Crippen molar-refractivity contribution in [3.63, 3.8) is 0 Å². The van der Waals surface area contributed by atoms with Gasteiger partial charge in [0.25, 0.3) is 5.91 Å². The Kier molecular flexibility index (Phi) is 8.24. The molecule has 0 aliphatic carbocycles. The minimum Gasteiger partial charge on any atom is -0.348 e. The lowest BCUT2D eigenvalue weighted by molar-refractivity contribution is 0.0952. The summed E-state index contributed by atoms with van der Waals surface area (Å²) >= 11 is 0. The van der Waals surface area contributed by atoms with E-state index < -0.39 is 6.03 Å². The summed E-state index contributed by atoms with van der Waals surface area (Å²) in [6.07, 6.45) is 1.84. The summed E-state index contributed by atoms with van der Waals surface area (Å²) in [6, 6.07) is 31.7. The molecule has 0 atom stereocenters. The molecule has 9 heteroatoms. The largest absolute Gasteiger partial charge is 0.348 e. The van der Waals surface area contributed by atoms with Gasteiger partial charge in [0.1, 0.15) is 17.3 Å². The fourth-order valence-electron chi connectivity index (χ4n) is 5.17. The van der Waals surface area contributed by atoms with E-state index in [-0.39, 0.29) is 18.3 Å². The zero-order valence-electron chi connectivity index (χ0n) is 24.8. The van der Waals surface area contributed by atoms with Gasteiger partial charge in [-0.1, -0.05) is 66.7 Å². The van der Waals surface area contributed by atoms with Crippen LogP contribution in [0.4, 0.5) is 32.1 Å². The first-order chi connectivity index (χ1) is 21.9. The Morgan fingerprint density at radius 3 is 2.24 bits per heavy atom. The van der Waals surface area contributed by atoms with Crippen molar-refractivity contribution < 1.29 is 14.0 Å². The molecule has 8 nitrogen and oxygen atoms in total. The number of imidazole rings is 1. The van der Waals surface area contributed by atoms with Crippen LogP contribution in [0.5, 0.6) is 0 Å². The van der Waals surface area contributed by atoms with E-state index in [1.54, 1.807) is 24.3 Å². The molecule has 0 bridgehead atoms. The number of aryl methyl sites for hydroxylation is 2. The summed E-state index contributed by atoms with van der Waals surface area (Å²) in [4.78, 5) is 31.5. The van der Waals surface area contributed by atoms with E-state index in [1.165, 1.54) is 12.1 Å². The standard InChI is InChI=1S/C36H31FN6O2/c1-23-10-8-11-24(2)31(23)41-34-32(28-14-6-7-16-30(28)40-36(45)39-27-12-4-3-5-13-27)42-33-29(15-9-21-43(33)34)35(44)38-22-25-17-19-26(37)20-18-25/h3-21,41H,22H2,1-2H3,(H,38,44)(H2,39,40,45). The number of benzene rings is 4. The fourth-order valence-corrected chi connectivity index (χ4v) is 5.17. The van der Waals surface area contributed by atoms with Gasteiger partial charge >= 0.3 is 6.03 Å². The van der Waals surface area contributed by atoms with Gasteiger partial charge in [-0.15, -0.1) is 0 Å². The molecular weight excluding hydrogens is 567 g/mol. The molecule has 0 fully saturated rings. The van der Waals surface area contributed by atoms with Crippen molar-refractivity contribution in [2.45, 2.75) is 20.4 Å². The van der Waals surface area contributed by atoms with Crippen molar-refractivity contribution in [3.8, 4) is 11.3 Å². The van der Waals surface area contributed by atoms with Crippen molar-refractivity contribution in [1.82, 2.24) is 14.7 Å². The van der Waals surface area contributed by atoms with Crippen LogP contribution >= 0.6 is 0 Å². The fraction of sp³-hybridized carbons (Fsp3) is 0.0833. The van der Waals surface area contributed by atoms with E-state index in [2.05, 4.69) is 21.3 Å². The number of urea groups is 1. The summed E-state index contributed by atoms with van der Waals surface area (Å²) < 4.78 is 15.2. The van der Waals surface area contributed by atoms with Crippen LogP contribution in [0.2, 0.25) is 0 Å². The summed E-state index contributed by atoms with van der Waals surface area (Å²) in [7, 11) is 0.